The van der Waals surface area contributed by atoms with E-state index in [0.29, 0.717) is 34.8 Å². The number of H-pyrrole nitrogens is 1. The Morgan fingerprint density at radius 1 is 1.26 bits per heavy atom. The summed E-state index contributed by atoms with van der Waals surface area (Å²) >= 11 is 1.10. The second-order valence-electron chi connectivity index (χ2n) is 5.85. The van der Waals surface area contributed by atoms with Crippen LogP contribution >= 0.6 is 11.3 Å². The van der Waals surface area contributed by atoms with Crippen molar-refractivity contribution in [1.29, 1.82) is 0 Å². The highest BCUT2D eigenvalue weighted by atomic mass is 32.1. The van der Waals surface area contributed by atoms with Crippen LogP contribution in [0, 0.1) is 0 Å². The molecule has 1 saturated heterocycles. The van der Waals surface area contributed by atoms with Gasteiger partial charge in [0.25, 0.3) is 5.91 Å². The lowest BCUT2D eigenvalue weighted by molar-refractivity contribution is 0.102. The van der Waals surface area contributed by atoms with Crippen LogP contribution in [0.4, 0.5) is 16.3 Å². The van der Waals surface area contributed by atoms with E-state index < -0.39 is 6.16 Å². The number of hydrogen-bond donors (Lipinski definition) is 3. The van der Waals surface area contributed by atoms with Crippen LogP contribution in [0.5, 0.6) is 5.06 Å². The van der Waals surface area contributed by atoms with E-state index in [-0.39, 0.29) is 11.0 Å². The van der Waals surface area contributed by atoms with Gasteiger partial charge in [-0.2, -0.15) is 5.10 Å². The van der Waals surface area contributed by atoms with Crippen LogP contribution in [-0.4, -0.2) is 53.7 Å². The summed E-state index contributed by atoms with van der Waals surface area (Å²) in [6.45, 7) is 3.06. The molecule has 140 valence electrons. The number of nitrogens with one attached hydrogen (secondary N) is 2. The molecule has 1 aromatic carbocycles. The van der Waals surface area contributed by atoms with Crippen molar-refractivity contribution in [3.05, 3.63) is 35.9 Å². The molecule has 27 heavy (non-hydrogen) atoms. The largest absolute Gasteiger partial charge is 0.512 e. The lowest BCUT2D eigenvalue weighted by atomic mass is 10.1. The SMILES string of the molecule is O=C(O)Oc1cc2c(NC(=O)c3ccc(N4CCOCC4)cc3)n[nH]c2s1. The zero-order valence-corrected chi connectivity index (χ0v) is 14.9. The van der Waals surface area contributed by atoms with Gasteiger partial charge in [-0.3, -0.25) is 9.89 Å². The van der Waals surface area contributed by atoms with Gasteiger partial charge < -0.3 is 24.8 Å². The Kier molecular flexibility index (Phi) is 4.65. The molecule has 4 rings (SSSR count). The smallest absolute Gasteiger partial charge is 0.449 e. The number of carbonyl (C=O) groups is 2. The molecular formula is C17H16N4O5S. The number of benzene rings is 1. The first kappa shape index (κ1) is 17.3. The molecule has 0 atom stereocenters. The maximum Gasteiger partial charge on any atom is 0.512 e. The molecule has 0 bridgehead atoms. The van der Waals surface area contributed by atoms with Gasteiger partial charge in [-0.25, -0.2) is 4.79 Å². The number of ether oxygens (including phenoxy) is 2. The highest BCUT2D eigenvalue weighted by molar-refractivity contribution is 7.20. The first-order valence-electron chi connectivity index (χ1n) is 8.23. The second-order valence-corrected chi connectivity index (χ2v) is 6.86. The minimum Gasteiger partial charge on any atom is -0.449 e. The number of morpholine rings is 1. The molecule has 0 unspecified atom stereocenters. The van der Waals surface area contributed by atoms with Gasteiger partial charge in [-0.1, -0.05) is 11.3 Å². The van der Waals surface area contributed by atoms with Gasteiger partial charge in [-0.05, 0) is 24.3 Å². The molecule has 10 heteroatoms. The van der Waals surface area contributed by atoms with Crippen molar-refractivity contribution in [3.63, 3.8) is 0 Å². The number of nitrogens with zero attached hydrogens (tertiary/aromatic N) is 2. The fourth-order valence-electron chi connectivity index (χ4n) is 2.85. The first-order valence-corrected chi connectivity index (χ1v) is 9.04. The van der Waals surface area contributed by atoms with Crippen LogP contribution in [0.3, 0.4) is 0 Å². The van der Waals surface area contributed by atoms with Gasteiger partial charge in [0, 0.05) is 30.4 Å². The number of carbonyl (C=O) groups excluding carboxylic acids is 1. The molecule has 1 amide bonds. The van der Waals surface area contributed by atoms with Gasteiger partial charge >= 0.3 is 6.16 Å². The Morgan fingerprint density at radius 3 is 2.70 bits per heavy atom. The predicted octanol–water partition coefficient (Wildman–Crippen LogP) is 2.77. The topological polar surface area (TPSA) is 117 Å². The molecule has 3 aromatic rings. The molecule has 3 heterocycles. The van der Waals surface area contributed by atoms with E-state index >= 15 is 0 Å². The Balaban J connectivity index is 1.47. The molecule has 1 aliphatic heterocycles. The average molecular weight is 388 g/mol. The van der Waals surface area contributed by atoms with E-state index in [2.05, 4.69) is 25.2 Å². The zero-order valence-electron chi connectivity index (χ0n) is 14.1. The monoisotopic (exact) mass is 388 g/mol. The van der Waals surface area contributed by atoms with Crippen molar-refractivity contribution < 1.29 is 24.2 Å². The molecule has 0 radical (unpaired) electrons. The summed E-state index contributed by atoms with van der Waals surface area (Å²) in [7, 11) is 0. The number of aromatic nitrogens is 2. The first-order chi connectivity index (χ1) is 13.1. The molecule has 0 spiro atoms. The Hall–Kier alpha value is -3.11. The third-order valence-electron chi connectivity index (χ3n) is 4.16. The summed E-state index contributed by atoms with van der Waals surface area (Å²) in [4.78, 5) is 26.0. The van der Waals surface area contributed by atoms with E-state index in [9.17, 15) is 9.59 Å². The highest BCUT2D eigenvalue weighted by Gasteiger charge is 2.16. The second kappa shape index (κ2) is 7.25. The Labute approximate surface area is 157 Å². The molecule has 2 aromatic heterocycles. The quantitative estimate of drug-likeness (QED) is 0.588. The number of thiophene rings is 1. The number of aromatic amines is 1. The molecule has 1 aliphatic rings. The number of rotatable bonds is 4. The average Bonchev–Trinajstić information content (AvgIpc) is 3.23. The van der Waals surface area contributed by atoms with Crippen LogP contribution < -0.4 is 15.0 Å². The number of amides is 1. The minimum atomic E-state index is -1.39. The molecule has 3 N–H and O–H groups in total. The van der Waals surface area contributed by atoms with E-state index in [1.165, 1.54) is 6.07 Å². The summed E-state index contributed by atoms with van der Waals surface area (Å²) in [6.07, 6.45) is -1.39. The van der Waals surface area contributed by atoms with Crippen molar-refractivity contribution in [1.82, 2.24) is 10.2 Å². The van der Waals surface area contributed by atoms with Crippen molar-refractivity contribution >= 4 is 45.1 Å². The van der Waals surface area contributed by atoms with Crippen LogP contribution in [0.1, 0.15) is 10.4 Å². The molecule has 9 nitrogen and oxygen atoms in total. The number of fused-ring (bicyclic) bond motifs is 1. The number of hydrogen-bond acceptors (Lipinski definition) is 7. The Morgan fingerprint density at radius 2 is 2.00 bits per heavy atom. The van der Waals surface area contributed by atoms with E-state index in [0.717, 1.165) is 30.1 Å². The van der Waals surface area contributed by atoms with Gasteiger partial charge in [-0.15, -0.1) is 0 Å². The summed E-state index contributed by atoms with van der Waals surface area (Å²) in [5, 5.41) is 19.0. The van der Waals surface area contributed by atoms with E-state index in [1.807, 2.05) is 12.1 Å². The summed E-state index contributed by atoms with van der Waals surface area (Å²) < 4.78 is 9.98. The van der Waals surface area contributed by atoms with E-state index in [1.54, 1.807) is 12.1 Å². The maximum absolute atomic E-state index is 12.5. The molecule has 0 saturated carbocycles. The van der Waals surface area contributed by atoms with Crippen LogP contribution in [0.25, 0.3) is 10.2 Å². The normalized spacial score (nSPS) is 14.3. The molecule has 0 aliphatic carbocycles. The maximum atomic E-state index is 12.5. The lowest BCUT2D eigenvalue weighted by Gasteiger charge is -2.28. The van der Waals surface area contributed by atoms with Crippen molar-refractivity contribution in [2.24, 2.45) is 0 Å². The van der Waals surface area contributed by atoms with Crippen LogP contribution in [0.15, 0.2) is 30.3 Å². The van der Waals surface area contributed by atoms with Crippen molar-refractivity contribution in [2.75, 3.05) is 36.5 Å². The lowest BCUT2D eigenvalue weighted by Crippen LogP contribution is -2.36. The number of anilines is 2. The summed E-state index contributed by atoms with van der Waals surface area (Å²) in [6, 6.07) is 8.86. The van der Waals surface area contributed by atoms with Gasteiger partial charge in [0.05, 0.1) is 18.6 Å². The standard InChI is InChI=1S/C17H16N4O5S/c22-15(10-1-3-11(4-2-10)21-5-7-25-8-6-21)18-14-12-9-13(26-17(23)24)27-16(12)20-19-14/h1-4,9H,5-8H2,(H,23,24)(H2,18,19,20,22). The minimum absolute atomic E-state index is 0.205. The fourth-order valence-corrected chi connectivity index (χ4v) is 3.70. The highest BCUT2D eigenvalue weighted by Crippen LogP contribution is 2.34. The fraction of sp³-hybridized carbons (Fsp3) is 0.235. The zero-order chi connectivity index (χ0) is 18.8. The predicted molar refractivity (Wildman–Crippen MR) is 100 cm³/mol. The summed E-state index contributed by atoms with van der Waals surface area (Å²) in [5.41, 5.74) is 1.55. The van der Waals surface area contributed by atoms with Gasteiger partial charge in [0.1, 0.15) is 4.83 Å². The third-order valence-corrected chi connectivity index (χ3v) is 5.08. The van der Waals surface area contributed by atoms with Gasteiger partial charge in [0.2, 0.25) is 0 Å². The van der Waals surface area contributed by atoms with Crippen LogP contribution in [-0.2, 0) is 4.74 Å². The Bertz CT molecular complexity index is 975. The van der Waals surface area contributed by atoms with Crippen molar-refractivity contribution in [2.45, 2.75) is 0 Å². The van der Waals surface area contributed by atoms with E-state index in [4.69, 9.17) is 9.84 Å². The van der Waals surface area contributed by atoms with Crippen LogP contribution in [0.2, 0.25) is 0 Å². The molecule has 1 fully saturated rings. The van der Waals surface area contributed by atoms with Crippen molar-refractivity contribution in [3.8, 4) is 5.06 Å². The molecular weight excluding hydrogens is 372 g/mol. The third kappa shape index (κ3) is 3.71. The van der Waals surface area contributed by atoms with Gasteiger partial charge in [0.15, 0.2) is 10.9 Å². The number of carboxylic acid groups (broad SMARTS) is 1. The summed E-state index contributed by atoms with van der Waals surface area (Å²) in [5.74, 6) is 0.0209.